The summed E-state index contributed by atoms with van der Waals surface area (Å²) < 4.78 is 0. The summed E-state index contributed by atoms with van der Waals surface area (Å²) in [6, 6.07) is 0. The molecular weight excluding hydrogens is 206 g/mol. The van der Waals surface area contributed by atoms with E-state index in [0.717, 1.165) is 31.1 Å². The highest BCUT2D eigenvalue weighted by Crippen LogP contribution is 2.15. The number of hydrogen-bond donors (Lipinski definition) is 2. The van der Waals surface area contributed by atoms with Gasteiger partial charge in [-0.05, 0) is 25.8 Å². The summed E-state index contributed by atoms with van der Waals surface area (Å²) in [6.45, 7) is 3.98. The highest BCUT2D eigenvalue weighted by atomic mass is 32.1. The maximum atomic E-state index is 5.43. The van der Waals surface area contributed by atoms with Crippen molar-refractivity contribution < 1.29 is 0 Å². The predicted octanol–water partition coefficient (Wildman–Crippen LogP) is 2.64. The van der Waals surface area contributed by atoms with Gasteiger partial charge in [-0.2, -0.15) is 0 Å². The molecule has 0 radical (unpaired) electrons. The Balaban J connectivity index is 2.04. The van der Waals surface area contributed by atoms with Gasteiger partial charge in [-0.3, -0.25) is 0 Å². The van der Waals surface area contributed by atoms with Crippen LogP contribution in [0.15, 0.2) is 5.38 Å². The molecule has 1 aromatic heterocycles. The van der Waals surface area contributed by atoms with Crippen LogP contribution in [-0.4, -0.2) is 18.1 Å². The van der Waals surface area contributed by atoms with Crippen molar-refractivity contribution in [3.63, 3.8) is 0 Å². The Morgan fingerprint density at radius 3 is 2.80 bits per heavy atom. The van der Waals surface area contributed by atoms with Gasteiger partial charge in [0.2, 0.25) is 0 Å². The van der Waals surface area contributed by atoms with E-state index in [9.17, 15) is 0 Å². The number of anilines is 1. The second kappa shape index (κ2) is 7.65. The van der Waals surface area contributed by atoms with Crippen LogP contribution in [0.25, 0.3) is 0 Å². The van der Waals surface area contributed by atoms with Gasteiger partial charge in [-0.1, -0.05) is 19.8 Å². The maximum absolute atomic E-state index is 5.43. The monoisotopic (exact) mass is 227 g/mol. The van der Waals surface area contributed by atoms with E-state index in [0.29, 0.717) is 0 Å². The number of hydrogen-bond acceptors (Lipinski definition) is 4. The zero-order valence-electron chi connectivity index (χ0n) is 9.46. The van der Waals surface area contributed by atoms with Gasteiger partial charge < -0.3 is 11.1 Å². The third-order valence-electron chi connectivity index (χ3n) is 2.32. The molecule has 3 nitrogen and oxygen atoms in total. The third kappa shape index (κ3) is 5.14. The molecule has 3 N–H and O–H groups in total. The normalized spacial score (nSPS) is 10.5. The summed E-state index contributed by atoms with van der Waals surface area (Å²) >= 11 is 1.70. The third-order valence-corrected chi connectivity index (χ3v) is 3.17. The highest BCUT2D eigenvalue weighted by Gasteiger charge is 1.98. The van der Waals surface area contributed by atoms with Gasteiger partial charge in [0.15, 0.2) is 5.13 Å². The molecule has 0 atom stereocenters. The SMILES string of the molecule is CCc1csc(NCCCCCCN)n1. The Morgan fingerprint density at radius 2 is 2.13 bits per heavy atom. The lowest BCUT2D eigenvalue weighted by atomic mass is 10.2. The lowest BCUT2D eigenvalue weighted by Crippen LogP contribution is -2.02. The molecule has 0 saturated heterocycles. The van der Waals surface area contributed by atoms with Gasteiger partial charge >= 0.3 is 0 Å². The van der Waals surface area contributed by atoms with Crippen molar-refractivity contribution in [2.75, 3.05) is 18.4 Å². The van der Waals surface area contributed by atoms with Crippen LogP contribution in [-0.2, 0) is 6.42 Å². The largest absolute Gasteiger partial charge is 0.362 e. The molecule has 15 heavy (non-hydrogen) atoms. The van der Waals surface area contributed by atoms with Gasteiger partial charge in [0, 0.05) is 11.9 Å². The van der Waals surface area contributed by atoms with Crippen LogP contribution in [0.3, 0.4) is 0 Å². The quantitative estimate of drug-likeness (QED) is 0.671. The average Bonchev–Trinajstić information content (AvgIpc) is 2.71. The zero-order chi connectivity index (χ0) is 10.9. The molecule has 86 valence electrons. The molecule has 0 fully saturated rings. The van der Waals surface area contributed by atoms with Crippen molar-refractivity contribution >= 4 is 16.5 Å². The van der Waals surface area contributed by atoms with E-state index in [-0.39, 0.29) is 0 Å². The molecule has 0 aromatic carbocycles. The van der Waals surface area contributed by atoms with E-state index in [4.69, 9.17) is 5.73 Å². The van der Waals surface area contributed by atoms with Crippen LogP contribution < -0.4 is 11.1 Å². The van der Waals surface area contributed by atoms with Crippen LogP contribution in [0.1, 0.15) is 38.3 Å². The maximum Gasteiger partial charge on any atom is 0.182 e. The fourth-order valence-electron chi connectivity index (χ4n) is 1.37. The number of nitrogens with two attached hydrogens (primary N) is 1. The van der Waals surface area contributed by atoms with Crippen LogP contribution in [0, 0.1) is 0 Å². The predicted molar refractivity (Wildman–Crippen MR) is 67.5 cm³/mol. The lowest BCUT2D eigenvalue weighted by Gasteiger charge is -2.01. The van der Waals surface area contributed by atoms with Crippen molar-refractivity contribution in [3.8, 4) is 0 Å². The summed E-state index contributed by atoms with van der Waals surface area (Å²) in [5, 5.41) is 6.54. The van der Waals surface area contributed by atoms with E-state index >= 15 is 0 Å². The zero-order valence-corrected chi connectivity index (χ0v) is 10.3. The van der Waals surface area contributed by atoms with Gasteiger partial charge in [0.05, 0.1) is 5.69 Å². The molecular formula is C11H21N3S. The van der Waals surface area contributed by atoms with Crippen LogP contribution in [0.5, 0.6) is 0 Å². The molecule has 0 spiro atoms. The van der Waals surface area contributed by atoms with Crippen molar-refractivity contribution in [3.05, 3.63) is 11.1 Å². The number of aryl methyl sites for hydroxylation is 1. The first-order chi connectivity index (χ1) is 7.36. The Bertz CT molecular complexity index is 260. The van der Waals surface area contributed by atoms with E-state index in [1.165, 1.54) is 25.0 Å². The lowest BCUT2D eigenvalue weighted by molar-refractivity contribution is 0.661. The average molecular weight is 227 g/mol. The molecule has 0 bridgehead atoms. The summed E-state index contributed by atoms with van der Waals surface area (Å²) in [6.07, 6.45) is 5.89. The minimum Gasteiger partial charge on any atom is -0.362 e. The van der Waals surface area contributed by atoms with Crippen molar-refractivity contribution in [2.24, 2.45) is 5.73 Å². The second-order valence-corrected chi connectivity index (χ2v) is 4.49. The molecule has 0 aliphatic rings. The first-order valence-corrected chi connectivity index (χ1v) is 6.63. The topological polar surface area (TPSA) is 50.9 Å². The first kappa shape index (κ1) is 12.5. The van der Waals surface area contributed by atoms with Crippen molar-refractivity contribution in [2.45, 2.75) is 39.0 Å². The molecule has 1 heterocycles. The molecule has 0 unspecified atom stereocenters. The molecule has 0 aliphatic heterocycles. The van der Waals surface area contributed by atoms with Gasteiger partial charge in [-0.25, -0.2) is 4.98 Å². The van der Waals surface area contributed by atoms with Crippen LogP contribution in [0.4, 0.5) is 5.13 Å². The number of rotatable bonds is 8. The van der Waals surface area contributed by atoms with E-state index in [2.05, 4.69) is 22.6 Å². The number of nitrogens with zero attached hydrogens (tertiary/aromatic N) is 1. The van der Waals surface area contributed by atoms with Gasteiger partial charge in [0.25, 0.3) is 0 Å². The fourth-order valence-corrected chi connectivity index (χ4v) is 2.19. The number of unbranched alkanes of at least 4 members (excludes halogenated alkanes) is 3. The van der Waals surface area contributed by atoms with E-state index in [1.54, 1.807) is 11.3 Å². The summed E-state index contributed by atoms with van der Waals surface area (Å²) in [7, 11) is 0. The van der Waals surface area contributed by atoms with Gasteiger partial charge in [0.1, 0.15) is 0 Å². The van der Waals surface area contributed by atoms with E-state index in [1.807, 2.05) is 0 Å². The Morgan fingerprint density at radius 1 is 1.33 bits per heavy atom. The highest BCUT2D eigenvalue weighted by molar-refractivity contribution is 7.13. The Kier molecular flexibility index (Phi) is 6.36. The molecule has 0 aliphatic carbocycles. The Hall–Kier alpha value is -0.610. The first-order valence-electron chi connectivity index (χ1n) is 5.75. The van der Waals surface area contributed by atoms with Crippen molar-refractivity contribution in [1.82, 2.24) is 4.98 Å². The molecule has 1 rings (SSSR count). The minimum absolute atomic E-state index is 0.819. The van der Waals surface area contributed by atoms with Crippen LogP contribution >= 0.6 is 11.3 Å². The van der Waals surface area contributed by atoms with E-state index < -0.39 is 0 Å². The summed E-state index contributed by atoms with van der Waals surface area (Å²) in [5.74, 6) is 0. The molecule has 4 heteroatoms. The van der Waals surface area contributed by atoms with Crippen molar-refractivity contribution in [1.29, 1.82) is 0 Å². The molecule has 1 aromatic rings. The molecule has 0 saturated carbocycles. The smallest absolute Gasteiger partial charge is 0.182 e. The number of aromatic nitrogens is 1. The summed E-state index contributed by atoms with van der Waals surface area (Å²) in [4.78, 5) is 4.45. The standard InChI is InChI=1S/C11H21N3S/c1-2-10-9-15-11(14-10)13-8-6-4-3-5-7-12/h9H,2-8,12H2,1H3,(H,13,14). The Labute approximate surface area is 96.1 Å². The number of nitrogens with one attached hydrogen (secondary N) is 1. The fraction of sp³-hybridized carbons (Fsp3) is 0.727. The molecule has 0 amide bonds. The second-order valence-electron chi connectivity index (χ2n) is 3.63. The summed E-state index contributed by atoms with van der Waals surface area (Å²) in [5.41, 5.74) is 6.61. The van der Waals surface area contributed by atoms with Crippen LogP contribution in [0.2, 0.25) is 0 Å². The van der Waals surface area contributed by atoms with Gasteiger partial charge in [-0.15, -0.1) is 11.3 Å². The number of thiazole rings is 1. The minimum atomic E-state index is 0.819.